The van der Waals surface area contributed by atoms with Gasteiger partial charge in [-0.1, -0.05) is 50.6 Å². The monoisotopic (exact) mass is 544 g/mol. The topological polar surface area (TPSA) is 95.7 Å². The molecular weight excluding hydrogens is 518 g/mol. The minimum atomic E-state index is -1.32. The standard InChI is InChI=1S/C27H27ClF2N4O4/c1-27(2,3)26(38)33-13-16(14-33)22-21(30)23(32(4)12-15-8-10-17(29)11-9-15)34(31-22)24(35)18-6-5-7-19(20(18)28)25(36)37/h5-11,16H,12-14H2,1-4H3,(H,36,37). The molecule has 8 nitrogen and oxygen atoms in total. The number of nitrogens with zero attached hydrogens (tertiary/aromatic N) is 4. The summed E-state index contributed by atoms with van der Waals surface area (Å²) in [4.78, 5) is 40.8. The number of aromatic nitrogens is 2. The molecule has 4 rings (SSSR count). The van der Waals surface area contributed by atoms with Gasteiger partial charge in [0.25, 0.3) is 5.91 Å². The van der Waals surface area contributed by atoms with Gasteiger partial charge in [0.05, 0.1) is 16.1 Å². The third kappa shape index (κ3) is 5.13. The number of halogens is 3. The summed E-state index contributed by atoms with van der Waals surface area (Å²) < 4.78 is 30.2. The minimum absolute atomic E-state index is 0.0165. The van der Waals surface area contributed by atoms with E-state index in [1.165, 1.54) is 35.2 Å². The Morgan fingerprint density at radius 3 is 2.26 bits per heavy atom. The van der Waals surface area contributed by atoms with Crippen molar-refractivity contribution in [3.63, 3.8) is 0 Å². The predicted molar refractivity (Wildman–Crippen MR) is 138 cm³/mol. The van der Waals surface area contributed by atoms with E-state index in [1.807, 2.05) is 0 Å². The van der Waals surface area contributed by atoms with Gasteiger partial charge in [-0.3, -0.25) is 9.59 Å². The SMILES string of the molecule is CN(Cc1ccc(F)cc1)c1c(F)c(C2CN(C(=O)C(C)(C)C)C2)nn1C(=O)c1cccc(C(=O)O)c1Cl. The number of hydrogen-bond donors (Lipinski definition) is 1. The van der Waals surface area contributed by atoms with Gasteiger partial charge in [0.15, 0.2) is 11.6 Å². The maximum absolute atomic E-state index is 16.0. The summed E-state index contributed by atoms with van der Waals surface area (Å²) in [6.45, 7) is 6.01. The Balaban J connectivity index is 1.73. The maximum atomic E-state index is 16.0. The zero-order valence-corrected chi connectivity index (χ0v) is 22.1. The van der Waals surface area contributed by atoms with Gasteiger partial charge in [-0.05, 0) is 29.8 Å². The fourth-order valence-corrected chi connectivity index (χ4v) is 4.63. The van der Waals surface area contributed by atoms with Crippen LogP contribution < -0.4 is 4.90 Å². The molecule has 1 aliphatic rings. The van der Waals surface area contributed by atoms with Gasteiger partial charge in [0.1, 0.15) is 11.5 Å². The van der Waals surface area contributed by atoms with Crippen molar-refractivity contribution in [2.24, 2.45) is 5.41 Å². The second-order valence-corrected chi connectivity index (χ2v) is 10.7. The van der Waals surface area contributed by atoms with E-state index in [-0.39, 0.29) is 53.2 Å². The zero-order valence-electron chi connectivity index (χ0n) is 21.3. The first kappa shape index (κ1) is 27.3. The van der Waals surface area contributed by atoms with Crippen LogP contribution in [0.2, 0.25) is 5.02 Å². The van der Waals surface area contributed by atoms with Crippen molar-refractivity contribution in [2.45, 2.75) is 33.2 Å². The van der Waals surface area contributed by atoms with E-state index in [0.717, 1.165) is 4.68 Å². The van der Waals surface area contributed by atoms with Crippen LogP contribution in [0.15, 0.2) is 42.5 Å². The molecule has 0 atom stereocenters. The fourth-order valence-electron chi connectivity index (χ4n) is 4.34. The molecule has 0 unspecified atom stereocenters. The maximum Gasteiger partial charge on any atom is 0.337 e. The summed E-state index contributed by atoms with van der Waals surface area (Å²) in [6.07, 6.45) is 0. The quantitative estimate of drug-likeness (QED) is 0.478. The minimum Gasteiger partial charge on any atom is -0.478 e. The second kappa shape index (κ2) is 10.2. The first-order valence-corrected chi connectivity index (χ1v) is 12.3. The van der Waals surface area contributed by atoms with Crippen LogP contribution in [-0.4, -0.2) is 57.7 Å². The van der Waals surface area contributed by atoms with Crippen molar-refractivity contribution in [3.05, 3.63) is 81.5 Å². The highest BCUT2D eigenvalue weighted by Crippen LogP contribution is 2.36. The van der Waals surface area contributed by atoms with Crippen molar-refractivity contribution in [3.8, 4) is 0 Å². The first-order chi connectivity index (χ1) is 17.8. The van der Waals surface area contributed by atoms with Crippen LogP contribution in [-0.2, 0) is 11.3 Å². The molecule has 2 aromatic carbocycles. The molecule has 1 aromatic heterocycles. The lowest BCUT2D eigenvalue weighted by Gasteiger charge is -2.41. The molecule has 3 aromatic rings. The zero-order chi connectivity index (χ0) is 27.9. The number of likely N-dealkylation sites (tertiary alicyclic amines) is 1. The molecule has 1 aliphatic heterocycles. The molecule has 1 N–H and O–H groups in total. The number of anilines is 1. The Morgan fingerprint density at radius 1 is 1.08 bits per heavy atom. The largest absolute Gasteiger partial charge is 0.478 e. The van der Waals surface area contributed by atoms with E-state index in [4.69, 9.17) is 11.6 Å². The predicted octanol–water partition coefficient (Wildman–Crippen LogP) is 4.81. The molecule has 0 saturated carbocycles. The van der Waals surface area contributed by atoms with Gasteiger partial charge in [0.2, 0.25) is 5.91 Å². The van der Waals surface area contributed by atoms with Gasteiger partial charge in [-0.2, -0.15) is 9.78 Å². The van der Waals surface area contributed by atoms with E-state index in [0.29, 0.717) is 5.56 Å². The highest BCUT2D eigenvalue weighted by Gasteiger charge is 2.41. The van der Waals surface area contributed by atoms with E-state index < -0.39 is 34.8 Å². The molecule has 0 spiro atoms. The average Bonchev–Trinajstić information content (AvgIpc) is 3.15. The molecule has 1 amide bonds. The molecule has 0 radical (unpaired) electrons. The molecule has 38 heavy (non-hydrogen) atoms. The van der Waals surface area contributed by atoms with Gasteiger partial charge in [-0.15, -0.1) is 0 Å². The lowest BCUT2D eigenvalue weighted by molar-refractivity contribution is -0.144. The molecule has 11 heteroatoms. The van der Waals surface area contributed by atoms with Crippen LogP contribution in [0.4, 0.5) is 14.6 Å². The van der Waals surface area contributed by atoms with E-state index >= 15 is 4.39 Å². The summed E-state index contributed by atoms with van der Waals surface area (Å²) in [5, 5.41) is 13.4. The molecular formula is C27H27ClF2N4O4. The van der Waals surface area contributed by atoms with Crippen molar-refractivity contribution in [2.75, 3.05) is 25.0 Å². The third-order valence-corrected chi connectivity index (χ3v) is 6.78. The van der Waals surface area contributed by atoms with Crippen LogP contribution in [0.25, 0.3) is 0 Å². The Kier molecular flexibility index (Phi) is 7.29. The number of hydrogen-bond acceptors (Lipinski definition) is 5. The van der Waals surface area contributed by atoms with Crippen molar-refractivity contribution >= 4 is 35.2 Å². The van der Waals surface area contributed by atoms with Crippen LogP contribution in [0.1, 0.15) is 58.7 Å². The smallest absolute Gasteiger partial charge is 0.337 e. The summed E-state index contributed by atoms with van der Waals surface area (Å²) >= 11 is 6.24. The number of carbonyl (C=O) groups is 3. The van der Waals surface area contributed by atoms with E-state index in [1.54, 1.807) is 44.9 Å². The van der Waals surface area contributed by atoms with Crippen LogP contribution in [0.5, 0.6) is 0 Å². The van der Waals surface area contributed by atoms with Gasteiger partial charge in [0, 0.05) is 38.0 Å². The highest BCUT2D eigenvalue weighted by molar-refractivity contribution is 6.36. The molecule has 0 aliphatic carbocycles. The summed E-state index contributed by atoms with van der Waals surface area (Å²) in [6, 6.07) is 9.61. The molecule has 0 bridgehead atoms. The number of carboxylic acid groups (broad SMARTS) is 1. The Labute approximate surface area is 223 Å². The van der Waals surface area contributed by atoms with Crippen LogP contribution >= 0.6 is 11.6 Å². The molecule has 200 valence electrons. The third-order valence-electron chi connectivity index (χ3n) is 6.37. The Morgan fingerprint density at radius 2 is 1.68 bits per heavy atom. The Hall–Kier alpha value is -3.79. The van der Waals surface area contributed by atoms with Gasteiger partial charge < -0.3 is 14.9 Å². The molecule has 1 saturated heterocycles. The van der Waals surface area contributed by atoms with Gasteiger partial charge in [-0.25, -0.2) is 13.6 Å². The number of benzene rings is 2. The van der Waals surface area contributed by atoms with Crippen molar-refractivity contribution in [1.82, 2.24) is 14.7 Å². The lowest BCUT2D eigenvalue weighted by Crippen LogP contribution is -2.52. The van der Waals surface area contributed by atoms with Gasteiger partial charge >= 0.3 is 5.97 Å². The lowest BCUT2D eigenvalue weighted by atomic mass is 9.89. The molecule has 1 fully saturated rings. The van der Waals surface area contributed by atoms with E-state index in [2.05, 4.69) is 5.10 Å². The fraction of sp³-hybridized carbons (Fsp3) is 0.333. The normalized spacial score (nSPS) is 13.8. The number of carboxylic acids is 1. The summed E-state index contributed by atoms with van der Waals surface area (Å²) in [7, 11) is 1.56. The first-order valence-electron chi connectivity index (χ1n) is 11.9. The molecule has 2 heterocycles. The summed E-state index contributed by atoms with van der Waals surface area (Å²) in [5.74, 6) is -3.95. The van der Waals surface area contributed by atoms with Crippen molar-refractivity contribution < 1.29 is 28.3 Å². The Bertz CT molecular complexity index is 1410. The number of aromatic carboxylic acids is 1. The van der Waals surface area contributed by atoms with Crippen LogP contribution in [0, 0.1) is 17.0 Å². The van der Waals surface area contributed by atoms with Crippen LogP contribution in [0.3, 0.4) is 0 Å². The van der Waals surface area contributed by atoms with E-state index in [9.17, 15) is 23.9 Å². The number of carbonyl (C=O) groups excluding carboxylic acids is 2. The highest BCUT2D eigenvalue weighted by atomic mass is 35.5. The second-order valence-electron chi connectivity index (χ2n) is 10.4. The van der Waals surface area contributed by atoms with Crippen molar-refractivity contribution in [1.29, 1.82) is 0 Å². The number of rotatable bonds is 6. The summed E-state index contributed by atoms with van der Waals surface area (Å²) in [5.41, 5.74) is -0.350. The average molecular weight is 545 g/mol. The number of amides is 1.